The first-order valence-electron chi connectivity index (χ1n) is 12.6. The summed E-state index contributed by atoms with van der Waals surface area (Å²) in [5.41, 5.74) is 3.89. The van der Waals surface area contributed by atoms with Gasteiger partial charge in [0.05, 0.1) is 12.1 Å². The summed E-state index contributed by atoms with van der Waals surface area (Å²) in [6.07, 6.45) is 5.19. The van der Waals surface area contributed by atoms with Gasteiger partial charge < -0.3 is 10.6 Å². The highest BCUT2D eigenvalue weighted by atomic mass is 32.1. The summed E-state index contributed by atoms with van der Waals surface area (Å²) >= 11 is 1.60. The van der Waals surface area contributed by atoms with E-state index in [2.05, 4.69) is 43.2 Å². The van der Waals surface area contributed by atoms with E-state index < -0.39 is 0 Å². The molecule has 1 aromatic heterocycles. The lowest BCUT2D eigenvalue weighted by molar-refractivity contribution is -0.117. The van der Waals surface area contributed by atoms with Gasteiger partial charge in [-0.15, -0.1) is 11.3 Å². The molecule has 2 aromatic rings. The number of aryl methyl sites for hydroxylation is 1. The number of nitrogens with zero attached hydrogens (tertiary/aromatic N) is 1. The number of hydrogen-bond donors (Lipinski definition) is 2. The number of thiophene rings is 1. The minimum Gasteiger partial charge on any atom is -0.322 e. The van der Waals surface area contributed by atoms with Crippen LogP contribution in [0.4, 0.5) is 10.7 Å². The van der Waals surface area contributed by atoms with Crippen LogP contribution in [0.5, 0.6) is 0 Å². The van der Waals surface area contributed by atoms with E-state index in [1.54, 1.807) is 11.3 Å². The van der Waals surface area contributed by atoms with Gasteiger partial charge >= 0.3 is 0 Å². The number of amides is 2. The molecule has 2 amide bonds. The zero-order valence-corrected chi connectivity index (χ0v) is 22.1. The fraction of sp³-hybridized carbons (Fsp3) is 0.571. The summed E-state index contributed by atoms with van der Waals surface area (Å²) in [4.78, 5) is 30.0. The Morgan fingerprint density at radius 1 is 1.12 bits per heavy atom. The molecule has 0 radical (unpaired) electrons. The van der Waals surface area contributed by atoms with E-state index in [-0.39, 0.29) is 17.2 Å². The summed E-state index contributed by atoms with van der Waals surface area (Å²) in [7, 11) is 0. The summed E-state index contributed by atoms with van der Waals surface area (Å²) in [5, 5.41) is 6.93. The van der Waals surface area contributed by atoms with E-state index in [1.807, 2.05) is 31.2 Å². The molecule has 2 heterocycles. The number of fused-ring (bicyclic) bond motifs is 1. The van der Waals surface area contributed by atoms with Gasteiger partial charge in [0.2, 0.25) is 5.91 Å². The molecule has 0 spiro atoms. The number of rotatable bonds is 5. The maximum atomic E-state index is 13.5. The van der Waals surface area contributed by atoms with Crippen LogP contribution in [0.25, 0.3) is 0 Å². The third kappa shape index (κ3) is 5.89. The van der Waals surface area contributed by atoms with E-state index in [9.17, 15) is 9.59 Å². The fourth-order valence-corrected chi connectivity index (χ4v) is 6.50. The van der Waals surface area contributed by atoms with E-state index in [0.717, 1.165) is 67.9 Å². The molecule has 4 rings (SSSR count). The molecule has 1 saturated heterocycles. The Bertz CT molecular complexity index is 1040. The molecule has 1 fully saturated rings. The standard InChI is InChI=1S/C28H39N3O2S/c1-18-11-13-31(14-12-18)17-24(32)30-27-25(26(33)29-21-8-6-7-19(2)15-21)22-10-9-20(28(3,4)5)16-23(22)34-27/h6-8,15,18,20H,9-14,16-17H2,1-5H3,(H,29,33)(H,30,32)/t20-/m0/s1. The highest BCUT2D eigenvalue weighted by Crippen LogP contribution is 2.44. The number of likely N-dealkylation sites (tertiary alicyclic amines) is 1. The molecular weight excluding hydrogens is 442 g/mol. The third-order valence-corrected chi connectivity index (χ3v) is 8.66. The van der Waals surface area contributed by atoms with Crippen LogP contribution in [0, 0.1) is 24.2 Å². The molecule has 1 aromatic carbocycles. The second-order valence-electron chi connectivity index (χ2n) is 11.3. The van der Waals surface area contributed by atoms with Gasteiger partial charge in [-0.2, -0.15) is 0 Å². The predicted octanol–water partition coefficient (Wildman–Crippen LogP) is 6.13. The molecule has 184 valence electrons. The zero-order valence-electron chi connectivity index (χ0n) is 21.3. The molecule has 1 aliphatic heterocycles. The SMILES string of the molecule is Cc1cccc(NC(=O)c2c(NC(=O)CN3CCC(C)CC3)sc3c2CC[C@H](C(C)(C)C)C3)c1. The van der Waals surface area contributed by atoms with Crippen LogP contribution in [0.1, 0.15) is 73.3 Å². The van der Waals surface area contributed by atoms with Crippen molar-refractivity contribution in [1.29, 1.82) is 0 Å². The Morgan fingerprint density at radius 3 is 2.53 bits per heavy atom. The first-order chi connectivity index (χ1) is 16.1. The van der Waals surface area contributed by atoms with Crippen molar-refractivity contribution >= 4 is 33.8 Å². The molecule has 0 unspecified atom stereocenters. The lowest BCUT2D eigenvalue weighted by Gasteiger charge is -2.33. The minimum atomic E-state index is -0.126. The highest BCUT2D eigenvalue weighted by Gasteiger charge is 2.34. The number of carbonyl (C=O) groups excluding carboxylic acids is 2. The largest absolute Gasteiger partial charge is 0.322 e. The molecule has 1 atom stereocenters. The maximum Gasteiger partial charge on any atom is 0.258 e. The Balaban J connectivity index is 1.57. The van der Waals surface area contributed by atoms with Gasteiger partial charge in [0.15, 0.2) is 0 Å². The summed E-state index contributed by atoms with van der Waals surface area (Å²) in [6.45, 7) is 13.5. The van der Waals surface area contributed by atoms with Gasteiger partial charge in [-0.1, -0.05) is 39.8 Å². The first kappa shape index (κ1) is 24.9. The van der Waals surface area contributed by atoms with E-state index in [1.165, 1.54) is 4.88 Å². The first-order valence-corrected chi connectivity index (χ1v) is 13.5. The monoisotopic (exact) mass is 481 g/mol. The van der Waals surface area contributed by atoms with Gasteiger partial charge in [-0.25, -0.2) is 0 Å². The lowest BCUT2D eigenvalue weighted by Crippen LogP contribution is -2.38. The smallest absolute Gasteiger partial charge is 0.258 e. The molecule has 0 bridgehead atoms. The van der Waals surface area contributed by atoms with E-state index in [0.29, 0.717) is 23.0 Å². The van der Waals surface area contributed by atoms with Crippen molar-refractivity contribution in [2.24, 2.45) is 17.3 Å². The highest BCUT2D eigenvalue weighted by molar-refractivity contribution is 7.17. The van der Waals surface area contributed by atoms with Gasteiger partial charge in [0, 0.05) is 10.6 Å². The minimum absolute atomic E-state index is 0.0230. The summed E-state index contributed by atoms with van der Waals surface area (Å²) in [6, 6.07) is 7.85. The maximum absolute atomic E-state index is 13.5. The van der Waals surface area contributed by atoms with Crippen molar-refractivity contribution in [2.75, 3.05) is 30.3 Å². The van der Waals surface area contributed by atoms with Crippen LogP contribution in [-0.4, -0.2) is 36.3 Å². The van der Waals surface area contributed by atoms with Crippen LogP contribution in [-0.2, 0) is 17.6 Å². The molecule has 2 aliphatic rings. The number of carbonyl (C=O) groups is 2. The normalized spacial score (nSPS) is 19.5. The number of benzene rings is 1. The van der Waals surface area contributed by atoms with Gasteiger partial charge in [0.1, 0.15) is 5.00 Å². The topological polar surface area (TPSA) is 61.4 Å². The second-order valence-corrected chi connectivity index (χ2v) is 12.4. The quantitative estimate of drug-likeness (QED) is 0.540. The lowest BCUT2D eigenvalue weighted by atomic mass is 9.72. The number of anilines is 2. The fourth-order valence-electron chi connectivity index (χ4n) is 5.16. The summed E-state index contributed by atoms with van der Waals surface area (Å²) in [5.74, 6) is 1.16. The average Bonchev–Trinajstić information content (AvgIpc) is 3.11. The van der Waals surface area contributed by atoms with Crippen LogP contribution in [0.2, 0.25) is 0 Å². The molecule has 2 N–H and O–H groups in total. The van der Waals surface area contributed by atoms with Gasteiger partial charge in [-0.3, -0.25) is 14.5 Å². The van der Waals surface area contributed by atoms with Crippen LogP contribution < -0.4 is 10.6 Å². The Kier molecular flexibility index (Phi) is 7.48. The summed E-state index contributed by atoms with van der Waals surface area (Å²) < 4.78 is 0. The molecule has 5 nitrogen and oxygen atoms in total. The number of piperidine rings is 1. The van der Waals surface area contributed by atoms with Gasteiger partial charge in [-0.05, 0) is 92.6 Å². The van der Waals surface area contributed by atoms with E-state index >= 15 is 0 Å². The average molecular weight is 482 g/mol. The van der Waals surface area contributed by atoms with Crippen LogP contribution in [0.15, 0.2) is 24.3 Å². The second kappa shape index (κ2) is 10.2. The number of hydrogen-bond acceptors (Lipinski definition) is 4. The van der Waals surface area contributed by atoms with Gasteiger partial charge in [0.25, 0.3) is 5.91 Å². The molecular formula is C28H39N3O2S. The third-order valence-electron chi connectivity index (χ3n) is 7.49. The van der Waals surface area contributed by atoms with Crippen molar-refractivity contribution in [3.05, 3.63) is 45.8 Å². The van der Waals surface area contributed by atoms with Crippen molar-refractivity contribution < 1.29 is 9.59 Å². The molecule has 34 heavy (non-hydrogen) atoms. The van der Waals surface area contributed by atoms with Crippen molar-refractivity contribution in [3.8, 4) is 0 Å². The Labute approximate surface area is 208 Å². The molecule has 0 saturated carbocycles. The van der Waals surface area contributed by atoms with Crippen molar-refractivity contribution in [1.82, 2.24) is 4.90 Å². The Morgan fingerprint density at radius 2 is 1.85 bits per heavy atom. The van der Waals surface area contributed by atoms with Crippen LogP contribution in [0.3, 0.4) is 0 Å². The zero-order chi connectivity index (χ0) is 24.5. The predicted molar refractivity (Wildman–Crippen MR) is 142 cm³/mol. The molecule has 1 aliphatic carbocycles. The number of nitrogens with one attached hydrogen (secondary N) is 2. The van der Waals surface area contributed by atoms with Crippen molar-refractivity contribution in [2.45, 2.75) is 66.7 Å². The van der Waals surface area contributed by atoms with Crippen molar-refractivity contribution in [3.63, 3.8) is 0 Å². The Hall–Kier alpha value is -2.18. The van der Waals surface area contributed by atoms with E-state index in [4.69, 9.17) is 0 Å². The molecule has 6 heteroatoms. The van der Waals surface area contributed by atoms with Crippen LogP contribution >= 0.6 is 11.3 Å².